The quantitative estimate of drug-likeness (QED) is 0.810. The Labute approximate surface area is 111 Å². The Hall–Kier alpha value is -2.11. The first-order chi connectivity index (χ1) is 8.73. The van der Waals surface area contributed by atoms with Crippen LogP contribution in [0.2, 0.25) is 0 Å². The number of amides is 2. The fraction of sp³-hybridized carbons (Fsp3) is 0.385. The molecule has 0 atom stereocenters. The minimum Gasteiger partial charge on any atom is -0.465 e. The van der Waals surface area contributed by atoms with Crippen molar-refractivity contribution >= 4 is 17.7 Å². The molecule has 0 bridgehead atoms. The molecule has 0 heterocycles. The first kappa shape index (κ1) is 14.9. The molecule has 0 saturated heterocycles. The monoisotopic (exact) mass is 268 g/mol. The van der Waals surface area contributed by atoms with E-state index in [0.29, 0.717) is 0 Å². The number of urea groups is 1. The van der Waals surface area contributed by atoms with E-state index >= 15 is 0 Å². The maximum absolute atomic E-state index is 13.5. The van der Waals surface area contributed by atoms with E-state index in [1.807, 2.05) is 0 Å². The number of hydrogen-bond acceptors (Lipinski definition) is 3. The van der Waals surface area contributed by atoms with Gasteiger partial charge in [-0.2, -0.15) is 0 Å². The van der Waals surface area contributed by atoms with Crippen molar-refractivity contribution in [1.82, 2.24) is 5.32 Å². The number of methoxy groups -OCH3 is 1. The molecule has 104 valence electrons. The molecule has 0 aliphatic heterocycles. The van der Waals surface area contributed by atoms with Gasteiger partial charge in [0.05, 0.1) is 18.4 Å². The lowest BCUT2D eigenvalue weighted by molar-refractivity contribution is 0.0600. The topological polar surface area (TPSA) is 67.4 Å². The van der Waals surface area contributed by atoms with Crippen molar-refractivity contribution in [3.63, 3.8) is 0 Å². The molecule has 1 rings (SSSR count). The summed E-state index contributed by atoms with van der Waals surface area (Å²) in [7, 11) is 1.23. The van der Waals surface area contributed by atoms with Gasteiger partial charge >= 0.3 is 12.0 Å². The summed E-state index contributed by atoms with van der Waals surface area (Å²) < 4.78 is 18.1. The molecule has 1 aromatic rings. The fourth-order valence-corrected chi connectivity index (χ4v) is 1.36. The minimum atomic E-state index is -0.628. The fourth-order valence-electron chi connectivity index (χ4n) is 1.36. The van der Waals surface area contributed by atoms with Crippen LogP contribution in [0.5, 0.6) is 0 Å². The van der Waals surface area contributed by atoms with Gasteiger partial charge in [0.1, 0.15) is 5.82 Å². The van der Waals surface area contributed by atoms with Crippen molar-refractivity contribution in [3.8, 4) is 0 Å². The third kappa shape index (κ3) is 4.57. The van der Waals surface area contributed by atoms with Crippen LogP contribution in [0.1, 0.15) is 31.1 Å². The van der Waals surface area contributed by atoms with Gasteiger partial charge in [-0.1, -0.05) is 0 Å². The number of carbonyl (C=O) groups excluding carboxylic acids is 2. The zero-order valence-electron chi connectivity index (χ0n) is 11.3. The van der Waals surface area contributed by atoms with E-state index in [0.717, 1.165) is 6.07 Å². The zero-order chi connectivity index (χ0) is 14.6. The van der Waals surface area contributed by atoms with Gasteiger partial charge in [0.15, 0.2) is 0 Å². The summed E-state index contributed by atoms with van der Waals surface area (Å²) in [6.45, 7) is 5.40. The summed E-state index contributed by atoms with van der Waals surface area (Å²) >= 11 is 0. The van der Waals surface area contributed by atoms with Crippen molar-refractivity contribution in [2.75, 3.05) is 12.4 Å². The van der Waals surface area contributed by atoms with Crippen LogP contribution in [0.25, 0.3) is 0 Å². The molecular formula is C13H17FN2O3. The average Bonchev–Trinajstić information content (AvgIpc) is 2.28. The van der Waals surface area contributed by atoms with E-state index in [4.69, 9.17) is 0 Å². The Bertz CT molecular complexity index is 495. The highest BCUT2D eigenvalue weighted by molar-refractivity contribution is 5.94. The summed E-state index contributed by atoms with van der Waals surface area (Å²) in [5.74, 6) is -1.23. The third-order valence-corrected chi connectivity index (χ3v) is 2.12. The van der Waals surface area contributed by atoms with E-state index in [1.54, 1.807) is 20.8 Å². The predicted molar refractivity (Wildman–Crippen MR) is 69.6 cm³/mol. The van der Waals surface area contributed by atoms with Gasteiger partial charge in [-0.15, -0.1) is 0 Å². The summed E-state index contributed by atoms with van der Waals surface area (Å²) in [5, 5.41) is 4.98. The van der Waals surface area contributed by atoms with Crippen molar-refractivity contribution < 1.29 is 18.7 Å². The Morgan fingerprint density at radius 1 is 1.26 bits per heavy atom. The number of nitrogens with one attached hydrogen (secondary N) is 2. The van der Waals surface area contributed by atoms with Gasteiger partial charge in [-0.05, 0) is 39.0 Å². The van der Waals surface area contributed by atoms with Gasteiger partial charge in [0.25, 0.3) is 0 Å². The smallest absolute Gasteiger partial charge is 0.337 e. The molecule has 2 N–H and O–H groups in total. The van der Waals surface area contributed by atoms with Gasteiger partial charge in [-0.3, -0.25) is 0 Å². The number of benzene rings is 1. The number of ether oxygens (including phenoxy) is 1. The molecule has 1 aromatic carbocycles. The van der Waals surface area contributed by atoms with Crippen LogP contribution in [0.4, 0.5) is 14.9 Å². The summed E-state index contributed by atoms with van der Waals surface area (Å²) in [6.07, 6.45) is 0. The lowest BCUT2D eigenvalue weighted by Gasteiger charge is -2.21. The molecule has 0 spiro atoms. The van der Waals surface area contributed by atoms with Crippen molar-refractivity contribution in [2.24, 2.45) is 0 Å². The predicted octanol–water partition coefficient (Wildman–Crippen LogP) is 2.53. The SMILES string of the molecule is COC(=O)c1ccc(F)c(NC(=O)NC(C)(C)C)c1. The van der Waals surface area contributed by atoms with E-state index in [-0.39, 0.29) is 11.3 Å². The second-order valence-electron chi connectivity index (χ2n) is 5.02. The number of anilines is 1. The largest absolute Gasteiger partial charge is 0.465 e. The molecule has 2 amide bonds. The average molecular weight is 268 g/mol. The summed E-state index contributed by atoms with van der Waals surface area (Å²) in [6, 6.07) is 3.06. The normalized spacial score (nSPS) is 10.8. The molecule has 0 unspecified atom stereocenters. The van der Waals surface area contributed by atoms with Crippen molar-refractivity contribution in [2.45, 2.75) is 26.3 Å². The van der Waals surface area contributed by atoms with Crippen molar-refractivity contribution in [3.05, 3.63) is 29.6 Å². The lowest BCUT2D eigenvalue weighted by Crippen LogP contribution is -2.43. The summed E-state index contributed by atoms with van der Waals surface area (Å²) in [4.78, 5) is 22.9. The zero-order valence-corrected chi connectivity index (χ0v) is 11.3. The standard InChI is InChI=1S/C13H17FN2O3/c1-13(2,3)16-12(18)15-10-7-8(11(17)19-4)5-6-9(10)14/h5-7H,1-4H3,(H2,15,16,18). The van der Waals surface area contributed by atoms with E-state index in [1.165, 1.54) is 19.2 Å². The van der Waals surface area contributed by atoms with Gasteiger partial charge < -0.3 is 15.4 Å². The van der Waals surface area contributed by atoms with E-state index < -0.39 is 23.4 Å². The summed E-state index contributed by atoms with van der Waals surface area (Å²) in [5.41, 5.74) is -0.361. The molecule has 6 heteroatoms. The molecule has 0 saturated carbocycles. The maximum Gasteiger partial charge on any atom is 0.337 e. The number of rotatable bonds is 2. The molecule has 0 aromatic heterocycles. The van der Waals surface area contributed by atoms with Gasteiger partial charge in [0.2, 0.25) is 0 Å². The molecule has 5 nitrogen and oxygen atoms in total. The Balaban J connectivity index is 2.88. The molecule has 0 aliphatic rings. The highest BCUT2D eigenvalue weighted by atomic mass is 19.1. The first-order valence-electron chi connectivity index (χ1n) is 5.70. The molecule has 19 heavy (non-hydrogen) atoms. The number of carbonyl (C=O) groups is 2. The molecule has 0 radical (unpaired) electrons. The molecular weight excluding hydrogens is 251 g/mol. The van der Waals surface area contributed by atoms with Crippen LogP contribution in [0, 0.1) is 5.82 Å². The second kappa shape index (κ2) is 5.69. The van der Waals surface area contributed by atoms with Gasteiger partial charge in [0, 0.05) is 5.54 Å². The Morgan fingerprint density at radius 3 is 2.42 bits per heavy atom. The minimum absolute atomic E-state index is 0.0790. The van der Waals surface area contributed by atoms with Crippen LogP contribution >= 0.6 is 0 Å². The third-order valence-electron chi connectivity index (χ3n) is 2.12. The van der Waals surface area contributed by atoms with Crippen LogP contribution in [-0.4, -0.2) is 24.6 Å². The maximum atomic E-state index is 13.5. The van der Waals surface area contributed by atoms with E-state index in [2.05, 4.69) is 15.4 Å². The molecule has 0 fully saturated rings. The van der Waals surface area contributed by atoms with E-state index in [9.17, 15) is 14.0 Å². The van der Waals surface area contributed by atoms with Gasteiger partial charge in [-0.25, -0.2) is 14.0 Å². The number of hydrogen-bond donors (Lipinski definition) is 2. The Morgan fingerprint density at radius 2 is 1.89 bits per heavy atom. The Kier molecular flexibility index (Phi) is 4.47. The highest BCUT2D eigenvalue weighted by Gasteiger charge is 2.16. The first-order valence-corrected chi connectivity index (χ1v) is 5.70. The number of esters is 1. The lowest BCUT2D eigenvalue weighted by atomic mass is 10.1. The van der Waals surface area contributed by atoms with Crippen molar-refractivity contribution in [1.29, 1.82) is 0 Å². The van der Waals surface area contributed by atoms with Crippen LogP contribution in [0.15, 0.2) is 18.2 Å². The second-order valence-corrected chi connectivity index (χ2v) is 5.02. The van der Waals surface area contributed by atoms with Crippen LogP contribution < -0.4 is 10.6 Å². The number of halogens is 1. The van der Waals surface area contributed by atoms with Crippen LogP contribution in [-0.2, 0) is 4.74 Å². The van der Waals surface area contributed by atoms with Crippen LogP contribution in [0.3, 0.4) is 0 Å². The highest BCUT2D eigenvalue weighted by Crippen LogP contribution is 2.17. The molecule has 0 aliphatic carbocycles.